The molecule has 3 N–H and O–H groups in total. The van der Waals surface area contributed by atoms with Gasteiger partial charge in [0.2, 0.25) is 0 Å². The largest absolute Gasteiger partial charge is 0.491 e. The van der Waals surface area contributed by atoms with E-state index >= 15 is 0 Å². The van der Waals surface area contributed by atoms with E-state index in [9.17, 15) is 84.5 Å². The summed E-state index contributed by atoms with van der Waals surface area (Å²) in [6, 6.07) is 4.55. The van der Waals surface area contributed by atoms with Crippen LogP contribution in [-0.2, 0) is 9.22 Å². The van der Waals surface area contributed by atoms with Crippen molar-refractivity contribution < 1.29 is 98.9 Å². The second kappa shape index (κ2) is 19.1. The number of unbranched alkanes of at least 4 members (excludes halogenated alkanes) is 1. The third kappa shape index (κ3) is 10.8. The molecule has 58 heavy (non-hydrogen) atoms. The first-order valence-corrected chi connectivity index (χ1v) is 19.4. The molecule has 24 heteroatoms. The van der Waals surface area contributed by atoms with E-state index in [0.29, 0.717) is 30.4 Å². The van der Waals surface area contributed by atoms with Gasteiger partial charge in [0.1, 0.15) is 12.4 Å². The molecule has 0 aliphatic rings. The van der Waals surface area contributed by atoms with Gasteiger partial charge in [0.05, 0.1) is 12.7 Å². The normalized spacial score (nSPS) is 15.4. The van der Waals surface area contributed by atoms with E-state index in [1.165, 1.54) is 57.4 Å². The van der Waals surface area contributed by atoms with Crippen LogP contribution in [0.15, 0.2) is 48.1 Å². The summed E-state index contributed by atoms with van der Waals surface area (Å²) >= 11 is 0. The second-order valence-corrected chi connectivity index (χ2v) is 18.9. The molecule has 1 aromatic rings. The molecule has 1 amide bonds. The molecule has 1 aromatic carbocycles. The number of benzene rings is 1. The van der Waals surface area contributed by atoms with E-state index in [0.717, 1.165) is 6.08 Å². The second-order valence-electron chi connectivity index (χ2n) is 13.9. The standard InChI is InChI=1S/C34H42F17NO5Si/c1-20(2)58(21(3)4,57-17-16-56-24-13-11-23(12-14-24)25(53)10-8-6-7-9-22(5)19-26(54)52-55)18-15-27(35,36)28(37,38)29(39,40)30(41,42)31(43,44)32(45,46)33(47,48)34(49,50)51/h7,9,11-14,19-21,25,53,55H,6,8,10,15-18H2,1-5H3,(H,52,54)/b9-7+,22-19+/t25-/m0/s1. The summed E-state index contributed by atoms with van der Waals surface area (Å²) in [4.78, 5) is 11.1. The van der Waals surface area contributed by atoms with Crippen molar-refractivity contribution in [3.05, 3.63) is 53.6 Å². The summed E-state index contributed by atoms with van der Waals surface area (Å²) in [7, 11) is -3.94. The van der Waals surface area contributed by atoms with Gasteiger partial charge in [-0.2, -0.15) is 74.6 Å². The summed E-state index contributed by atoms with van der Waals surface area (Å²) in [5, 5.41) is 19.0. The SMILES string of the molecule is CC(/C=C/CCC[C@H](O)c1ccc(OCCO[Si](CCC(F)(F)C(F)(F)C(F)(F)C(F)(F)C(F)(F)C(F)(F)C(F)(F)C(F)(F)F)(C(C)C)C(C)C)cc1)=C\C(=O)NO. The van der Waals surface area contributed by atoms with Crippen LogP contribution in [0.4, 0.5) is 74.6 Å². The highest BCUT2D eigenvalue weighted by Gasteiger charge is 2.95. The van der Waals surface area contributed by atoms with Crippen LogP contribution in [0.5, 0.6) is 5.75 Å². The van der Waals surface area contributed by atoms with Crippen LogP contribution in [0.1, 0.15) is 72.0 Å². The molecular formula is C34H42F17NO5Si. The number of carbonyl (C=O) groups excluding carboxylic acids is 1. The minimum atomic E-state index is -8.68. The maximum absolute atomic E-state index is 14.8. The van der Waals surface area contributed by atoms with E-state index in [2.05, 4.69) is 0 Å². The number of ether oxygens (including phenoxy) is 1. The van der Waals surface area contributed by atoms with Crippen LogP contribution in [0.2, 0.25) is 17.1 Å². The highest BCUT2D eigenvalue weighted by Crippen LogP contribution is 2.64. The van der Waals surface area contributed by atoms with Crippen molar-refractivity contribution in [3.63, 3.8) is 0 Å². The highest BCUT2D eigenvalue weighted by atomic mass is 28.4. The molecule has 336 valence electrons. The van der Waals surface area contributed by atoms with Crippen LogP contribution in [0.3, 0.4) is 0 Å². The highest BCUT2D eigenvalue weighted by molar-refractivity contribution is 6.76. The van der Waals surface area contributed by atoms with Crippen molar-refractivity contribution >= 4 is 14.2 Å². The topological polar surface area (TPSA) is 88.0 Å². The maximum Gasteiger partial charge on any atom is 0.460 e. The van der Waals surface area contributed by atoms with Gasteiger partial charge >= 0.3 is 47.6 Å². The van der Waals surface area contributed by atoms with Crippen LogP contribution < -0.4 is 10.2 Å². The van der Waals surface area contributed by atoms with Gasteiger partial charge in [-0.15, -0.1) is 0 Å². The Balaban J connectivity index is 3.08. The zero-order valence-electron chi connectivity index (χ0n) is 31.3. The number of aliphatic hydroxyl groups is 1. The first kappa shape index (κ1) is 52.9. The number of nitrogens with one attached hydrogen (secondary N) is 1. The molecule has 0 bridgehead atoms. The Morgan fingerprint density at radius 3 is 1.66 bits per heavy atom. The Bertz CT molecular complexity index is 1540. The molecule has 0 saturated heterocycles. The molecular weight excluding hydrogens is 853 g/mol. The van der Waals surface area contributed by atoms with Gasteiger partial charge in [-0.05, 0) is 66.6 Å². The van der Waals surface area contributed by atoms with Crippen molar-refractivity contribution in [1.82, 2.24) is 5.48 Å². The predicted molar refractivity (Wildman–Crippen MR) is 176 cm³/mol. The smallest absolute Gasteiger partial charge is 0.460 e. The Hall–Kier alpha value is -3.12. The van der Waals surface area contributed by atoms with Crippen LogP contribution in [-0.4, -0.2) is 85.4 Å². The monoisotopic (exact) mass is 895 g/mol. The lowest BCUT2D eigenvalue weighted by Crippen LogP contribution is -2.74. The fourth-order valence-corrected chi connectivity index (χ4v) is 10.2. The average molecular weight is 896 g/mol. The van der Waals surface area contributed by atoms with E-state index in [1.807, 2.05) is 0 Å². The summed E-state index contributed by atoms with van der Waals surface area (Å²) in [5.74, 6) is -57.2. The molecule has 6 nitrogen and oxygen atoms in total. The number of hydrogen-bond donors (Lipinski definition) is 3. The molecule has 1 rings (SSSR count). The van der Waals surface area contributed by atoms with Crippen molar-refractivity contribution in [2.24, 2.45) is 0 Å². The van der Waals surface area contributed by atoms with Crippen LogP contribution in [0, 0.1) is 0 Å². The van der Waals surface area contributed by atoms with Gasteiger partial charge in [-0.3, -0.25) is 10.0 Å². The molecule has 0 unspecified atom stereocenters. The third-order valence-corrected chi connectivity index (χ3v) is 14.9. The number of allylic oxidation sites excluding steroid dienone is 3. The summed E-state index contributed by atoms with van der Waals surface area (Å²) < 4.78 is 245. The van der Waals surface area contributed by atoms with E-state index in [4.69, 9.17) is 14.4 Å². The third-order valence-electron chi connectivity index (χ3n) is 9.26. The summed E-state index contributed by atoms with van der Waals surface area (Å²) in [5.41, 5.74) is 0.788. The van der Waals surface area contributed by atoms with Gasteiger partial charge in [-0.1, -0.05) is 52.0 Å². The van der Waals surface area contributed by atoms with Gasteiger partial charge < -0.3 is 14.3 Å². The molecule has 0 aliphatic carbocycles. The van der Waals surface area contributed by atoms with Crippen molar-refractivity contribution in [1.29, 1.82) is 0 Å². The Labute approximate surface area is 322 Å². The first-order valence-electron chi connectivity index (χ1n) is 17.1. The fourth-order valence-electron chi connectivity index (χ4n) is 5.68. The Morgan fingerprint density at radius 1 is 0.741 bits per heavy atom. The van der Waals surface area contributed by atoms with E-state index in [1.54, 1.807) is 19.1 Å². The number of aliphatic hydroxyl groups excluding tert-OH is 1. The van der Waals surface area contributed by atoms with E-state index in [-0.39, 0.29) is 12.4 Å². The number of halogens is 17. The first-order chi connectivity index (χ1) is 26.1. The van der Waals surface area contributed by atoms with Crippen molar-refractivity contribution in [2.75, 3.05) is 13.2 Å². The fraction of sp³-hybridized carbons (Fsp3) is 0.676. The zero-order valence-corrected chi connectivity index (χ0v) is 32.3. The maximum atomic E-state index is 14.8. The Morgan fingerprint density at radius 2 is 1.21 bits per heavy atom. The van der Waals surface area contributed by atoms with Gasteiger partial charge in [0.25, 0.3) is 5.91 Å². The predicted octanol–water partition coefficient (Wildman–Crippen LogP) is 11.5. The van der Waals surface area contributed by atoms with Gasteiger partial charge in [0, 0.05) is 12.5 Å². The quantitative estimate of drug-likeness (QED) is 0.0194. The molecule has 0 spiro atoms. The molecule has 0 radical (unpaired) electrons. The Kier molecular flexibility index (Phi) is 17.4. The lowest BCUT2D eigenvalue weighted by molar-refractivity contribution is -0.461. The number of carbonyl (C=O) groups is 1. The molecule has 0 heterocycles. The number of alkyl halides is 17. The van der Waals surface area contributed by atoms with Crippen LogP contribution >= 0.6 is 0 Å². The number of amides is 1. The number of hydrogen-bond acceptors (Lipinski definition) is 5. The summed E-state index contributed by atoms with van der Waals surface area (Å²) in [6.07, 6.45) is -5.34. The summed E-state index contributed by atoms with van der Waals surface area (Å²) in [6.45, 7) is 6.09. The number of rotatable bonds is 23. The van der Waals surface area contributed by atoms with E-state index < -0.39 is 98.1 Å². The molecule has 0 saturated carbocycles. The minimum Gasteiger partial charge on any atom is -0.491 e. The number of hydroxylamine groups is 1. The van der Waals surface area contributed by atoms with Gasteiger partial charge in [-0.25, -0.2) is 5.48 Å². The molecule has 0 aromatic heterocycles. The lowest BCUT2D eigenvalue weighted by Gasteiger charge is -2.44. The zero-order chi connectivity index (χ0) is 45.6. The molecule has 0 fully saturated rings. The van der Waals surface area contributed by atoms with Gasteiger partial charge in [0.15, 0.2) is 8.32 Å². The van der Waals surface area contributed by atoms with Crippen LogP contribution in [0.25, 0.3) is 0 Å². The van der Waals surface area contributed by atoms with Crippen molar-refractivity contribution in [3.8, 4) is 5.75 Å². The lowest BCUT2D eigenvalue weighted by atomic mass is 9.88. The minimum absolute atomic E-state index is 0.183. The average Bonchev–Trinajstić information content (AvgIpc) is 3.09. The molecule has 1 atom stereocenters. The molecule has 0 aliphatic heterocycles. The van der Waals surface area contributed by atoms with Crippen molar-refractivity contribution in [2.45, 2.75) is 131 Å².